The van der Waals surface area contributed by atoms with Crippen LogP contribution in [0.25, 0.3) is 0 Å². The van der Waals surface area contributed by atoms with Gasteiger partial charge in [-0.05, 0) is 11.6 Å². The minimum absolute atomic E-state index is 0.297. The fourth-order valence-corrected chi connectivity index (χ4v) is 1.80. The fourth-order valence-electron chi connectivity index (χ4n) is 1.50. The molecule has 0 saturated heterocycles. The standard InChI is InChI=1S/C12H17ClN2O3/c1-17-9-4-3-8(11(13)12(9)18-2)7-15-6-5-10(14)16/h3-4,15H,5-7H2,1-2H3,(H2,14,16). The van der Waals surface area contributed by atoms with Crippen molar-refractivity contribution in [1.82, 2.24) is 5.32 Å². The predicted octanol–water partition coefficient (Wildman–Crippen LogP) is 1.32. The third kappa shape index (κ3) is 3.78. The van der Waals surface area contributed by atoms with Gasteiger partial charge in [0.15, 0.2) is 11.5 Å². The molecule has 0 bridgehead atoms. The number of methoxy groups -OCH3 is 2. The van der Waals surface area contributed by atoms with Crippen molar-refractivity contribution in [2.45, 2.75) is 13.0 Å². The highest BCUT2D eigenvalue weighted by Crippen LogP contribution is 2.37. The largest absolute Gasteiger partial charge is 0.493 e. The van der Waals surface area contributed by atoms with Crippen LogP contribution in [0.15, 0.2) is 12.1 Å². The molecule has 1 aromatic rings. The van der Waals surface area contributed by atoms with Crippen LogP contribution in [0.5, 0.6) is 11.5 Å². The smallest absolute Gasteiger partial charge is 0.218 e. The van der Waals surface area contributed by atoms with E-state index >= 15 is 0 Å². The van der Waals surface area contributed by atoms with Crippen LogP contribution >= 0.6 is 11.6 Å². The molecule has 18 heavy (non-hydrogen) atoms. The van der Waals surface area contributed by atoms with E-state index in [4.69, 9.17) is 26.8 Å². The monoisotopic (exact) mass is 272 g/mol. The van der Waals surface area contributed by atoms with E-state index in [2.05, 4.69) is 5.32 Å². The van der Waals surface area contributed by atoms with E-state index in [1.807, 2.05) is 6.07 Å². The Morgan fingerprint density at radius 3 is 2.67 bits per heavy atom. The molecular formula is C12H17ClN2O3. The number of nitrogens with two attached hydrogens (primary N) is 1. The highest BCUT2D eigenvalue weighted by molar-refractivity contribution is 6.33. The van der Waals surface area contributed by atoms with Crippen molar-refractivity contribution in [2.24, 2.45) is 5.73 Å². The van der Waals surface area contributed by atoms with Crippen LogP contribution in [-0.2, 0) is 11.3 Å². The summed E-state index contributed by atoms with van der Waals surface area (Å²) in [4.78, 5) is 10.6. The third-order valence-corrected chi connectivity index (χ3v) is 2.84. The van der Waals surface area contributed by atoms with E-state index in [-0.39, 0.29) is 5.91 Å². The van der Waals surface area contributed by atoms with Crippen molar-refractivity contribution in [3.63, 3.8) is 0 Å². The Hall–Kier alpha value is -1.46. The third-order valence-electron chi connectivity index (χ3n) is 2.43. The number of hydrogen-bond acceptors (Lipinski definition) is 4. The Morgan fingerprint density at radius 1 is 1.39 bits per heavy atom. The van der Waals surface area contributed by atoms with Crippen molar-refractivity contribution in [3.8, 4) is 11.5 Å². The van der Waals surface area contributed by atoms with E-state index < -0.39 is 0 Å². The number of nitrogens with one attached hydrogen (secondary N) is 1. The first-order valence-corrected chi connectivity index (χ1v) is 5.86. The zero-order valence-corrected chi connectivity index (χ0v) is 11.2. The number of hydrogen-bond donors (Lipinski definition) is 2. The lowest BCUT2D eigenvalue weighted by Crippen LogP contribution is -2.21. The molecule has 5 nitrogen and oxygen atoms in total. The number of ether oxygens (including phenoxy) is 2. The normalized spacial score (nSPS) is 10.2. The maximum atomic E-state index is 10.6. The Morgan fingerprint density at radius 2 is 2.11 bits per heavy atom. The van der Waals surface area contributed by atoms with E-state index in [1.165, 1.54) is 7.11 Å². The Balaban J connectivity index is 2.69. The van der Waals surface area contributed by atoms with Crippen LogP contribution in [0, 0.1) is 0 Å². The maximum absolute atomic E-state index is 10.6. The number of amides is 1. The van der Waals surface area contributed by atoms with Gasteiger partial charge in [0.25, 0.3) is 0 Å². The highest BCUT2D eigenvalue weighted by atomic mass is 35.5. The van der Waals surface area contributed by atoms with Crippen molar-refractivity contribution >= 4 is 17.5 Å². The van der Waals surface area contributed by atoms with Gasteiger partial charge in [-0.1, -0.05) is 17.7 Å². The summed E-state index contributed by atoms with van der Waals surface area (Å²) in [6.07, 6.45) is 0.297. The lowest BCUT2D eigenvalue weighted by atomic mass is 10.2. The number of benzene rings is 1. The Kier molecular flexibility index (Phi) is 5.74. The molecule has 0 heterocycles. The van der Waals surface area contributed by atoms with E-state index in [0.29, 0.717) is 36.0 Å². The quantitative estimate of drug-likeness (QED) is 0.734. The molecule has 0 radical (unpaired) electrons. The molecule has 0 aromatic heterocycles. The van der Waals surface area contributed by atoms with Gasteiger partial charge in [-0.3, -0.25) is 4.79 Å². The van der Waals surface area contributed by atoms with Gasteiger partial charge in [-0.15, -0.1) is 0 Å². The minimum atomic E-state index is -0.332. The molecule has 6 heteroatoms. The molecule has 100 valence electrons. The topological polar surface area (TPSA) is 73.6 Å². The average Bonchev–Trinajstić information content (AvgIpc) is 2.35. The van der Waals surface area contributed by atoms with Crippen LogP contribution in [0.4, 0.5) is 0 Å². The molecule has 0 fully saturated rings. The number of primary amides is 1. The first kappa shape index (κ1) is 14.6. The van der Waals surface area contributed by atoms with Gasteiger partial charge in [0.2, 0.25) is 5.91 Å². The summed E-state index contributed by atoms with van der Waals surface area (Å²) in [6.45, 7) is 1.05. The second-order valence-electron chi connectivity index (χ2n) is 3.67. The van der Waals surface area contributed by atoms with Gasteiger partial charge in [-0.2, -0.15) is 0 Å². The van der Waals surface area contributed by atoms with Crippen molar-refractivity contribution in [3.05, 3.63) is 22.7 Å². The first-order chi connectivity index (χ1) is 8.60. The second-order valence-corrected chi connectivity index (χ2v) is 4.05. The molecular weight excluding hydrogens is 256 g/mol. The van der Waals surface area contributed by atoms with Gasteiger partial charge in [-0.25, -0.2) is 0 Å². The van der Waals surface area contributed by atoms with Crippen LogP contribution in [0.3, 0.4) is 0 Å². The molecule has 0 atom stereocenters. The Labute approximate surface area is 111 Å². The predicted molar refractivity (Wildman–Crippen MR) is 70.1 cm³/mol. The summed E-state index contributed by atoms with van der Waals surface area (Å²) in [6, 6.07) is 3.64. The van der Waals surface area contributed by atoms with Crippen LogP contribution < -0.4 is 20.5 Å². The summed E-state index contributed by atoms with van der Waals surface area (Å²) in [7, 11) is 3.09. The molecule has 1 amide bonds. The molecule has 0 spiro atoms. The number of carbonyl (C=O) groups is 1. The maximum Gasteiger partial charge on any atom is 0.218 e. The number of halogens is 1. The molecule has 0 unspecified atom stereocenters. The molecule has 1 aromatic carbocycles. The summed E-state index contributed by atoms with van der Waals surface area (Å²) >= 11 is 6.20. The van der Waals surface area contributed by atoms with Crippen molar-refractivity contribution in [2.75, 3.05) is 20.8 Å². The van der Waals surface area contributed by atoms with Crippen LogP contribution in [0.1, 0.15) is 12.0 Å². The van der Waals surface area contributed by atoms with E-state index in [0.717, 1.165) is 5.56 Å². The van der Waals surface area contributed by atoms with Gasteiger partial charge in [0, 0.05) is 19.5 Å². The van der Waals surface area contributed by atoms with Gasteiger partial charge < -0.3 is 20.5 Å². The summed E-state index contributed by atoms with van der Waals surface area (Å²) in [5, 5.41) is 3.58. The molecule has 3 N–H and O–H groups in total. The molecule has 0 aliphatic rings. The molecule has 1 rings (SSSR count). The summed E-state index contributed by atoms with van der Waals surface area (Å²) in [5.41, 5.74) is 5.92. The lowest BCUT2D eigenvalue weighted by molar-refractivity contribution is -0.117. The van der Waals surface area contributed by atoms with E-state index in [1.54, 1.807) is 13.2 Å². The molecule has 0 saturated carbocycles. The van der Waals surface area contributed by atoms with E-state index in [9.17, 15) is 4.79 Å². The summed E-state index contributed by atoms with van der Waals surface area (Å²) < 4.78 is 10.3. The van der Waals surface area contributed by atoms with Gasteiger partial charge in [0.05, 0.1) is 19.2 Å². The Bertz CT molecular complexity index is 424. The second kappa shape index (κ2) is 7.08. The number of rotatable bonds is 7. The van der Waals surface area contributed by atoms with Crippen LogP contribution in [-0.4, -0.2) is 26.7 Å². The van der Waals surface area contributed by atoms with Crippen molar-refractivity contribution in [1.29, 1.82) is 0 Å². The molecule has 0 aliphatic heterocycles. The van der Waals surface area contributed by atoms with Gasteiger partial charge in [0.1, 0.15) is 0 Å². The summed E-state index contributed by atoms with van der Waals surface area (Å²) in [5.74, 6) is 0.762. The van der Waals surface area contributed by atoms with Crippen LogP contribution in [0.2, 0.25) is 5.02 Å². The highest BCUT2D eigenvalue weighted by Gasteiger charge is 2.12. The van der Waals surface area contributed by atoms with Crippen molar-refractivity contribution < 1.29 is 14.3 Å². The molecule has 0 aliphatic carbocycles. The fraction of sp³-hybridized carbons (Fsp3) is 0.417. The first-order valence-electron chi connectivity index (χ1n) is 5.48. The number of carbonyl (C=O) groups excluding carboxylic acids is 1. The zero-order chi connectivity index (χ0) is 13.5. The SMILES string of the molecule is COc1ccc(CNCCC(N)=O)c(Cl)c1OC. The van der Waals surface area contributed by atoms with Gasteiger partial charge >= 0.3 is 0 Å². The lowest BCUT2D eigenvalue weighted by Gasteiger charge is -2.13. The minimum Gasteiger partial charge on any atom is -0.493 e. The average molecular weight is 273 g/mol. The zero-order valence-electron chi connectivity index (χ0n) is 10.5.